The molecule has 0 spiro atoms. The maximum Gasteiger partial charge on any atom is 0.233 e. The second-order valence-electron chi connectivity index (χ2n) is 7.84. The molecule has 146 valence electrons. The molecule has 4 heteroatoms. The number of nitrogens with zero attached hydrogens (tertiary/aromatic N) is 2. The van der Waals surface area contributed by atoms with Gasteiger partial charge in [-0.1, -0.05) is 57.9 Å². The van der Waals surface area contributed by atoms with Crippen LogP contribution in [0.1, 0.15) is 63.9 Å². The van der Waals surface area contributed by atoms with Crippen molar-refractivity contribution in [1.82, 2.24) is 10.2 Å². The third-order valence-electron chi connectivity index (χ3n) is 5.93. The maximum atomic E-state index is 14.6. The highest BCUT2D eigenvalue weighted by Gasteiger charge is 2.20. The van der Waals surface area contributed by atoms with E-state index in [1.165, 1.54) is 58.5 Å². The predicted octanol–water partition coefficient (Wildman–Crippen LogP) is 6.22. The zero-order valence-electron chi connectivity index (χ0n) is 16.6. The number of hydrogen-bond acceptors (Lipinski definition) is 3. The predicted molar refractivity (Wildman–Crippen MR) is 107 cm³/mol. The van der Waals surface area contributed by atoms with Gasteiger partial charge in [0.25, 0.3) is 0 Å². The SMILES string of the molecule is CCCCC1CCC(CCc2ccc(-c3ccc(OC)nn3)c(F)c2)CC1. The van der Waals surface area contributed by atoms with Gasteiger partial charge in [-0.25, -0.2) is 4.39 Å². The molecule has 3 nitrogen and oxygen atoms in total. The van der Waals surface area contributed by atoms with Crippen LogP contribution in [-0.4, -0.2) is 17.3 Å². The monoisotopic (exact) mass is 370 g/mol. The summed E-state index contributed by atoms with van der Waals surface area (Å²) in [6.07, 6.45) is 11.7. The van der Waals surface area contributed by atoms with Crippen molar-refractivity contribution < 1.29 is 9.13 Å². The number of benzene rings is 1. The van der Waals surface area contributed by atoms with E-state index in [4.69, 9.17) is 4.74 Å². The van der Waals surface area contributed by atoms with Crippen molar-refractivity contribution in [3.05, 3.63) is 41.7 Å². The van der Waals surface area contributed by atoms with E-state index >= 15 is 0 Å². The minimum Gasteiger partial charge on any atom is -0.480 e. The average Bonchev–Trinajstić information content (AvgIpc) is 2.72. The Balaban J connectivity index is 1.52. The molecule has 27 heavy (non-hydrogen) atoms. The fraction of sp³-hybridized carbons (Fsp3) is 0.565. The van der Waals surface area contributed by atoms with Gasteiger partial charge in [-0.05, 0) is 48.4 Å². The molecule has 0 aliphatic heterocycles. The molecule has 0 unspecified atom stereocenters. The topological polar surface area (TPSA) is 35.0 Å². The molecule has 0 saturated heterocycles. The van der Waals surface area contributed by atoms with Crippen molar-refractivity contribution in [2.75, 3.05) is 7.11 Å². The Morgan fingerprint density at radius 3 is 2.33 bits per heavy atom. The van der Waals surface area contributed by atoms with Crippen molar-refractivity contribution in [3.63, 3.8) is 0 Å². The second-order valence-corrected chi connectivity index (χ2v) is 7.84. The Kier molecular flexibility index (Phi) is 7.19. The molecule has 3 rings (SSSR count). The Labute approximate surface area is 162 Å². The third-order valence-corrected chi connectivity index (χ3v) is 5.93. The van der Waals surface area contributed by atoms with Crippen LogP contribution in [0.4, 0.5) is 4.39 Å². The molecule has 0 bridgehead atoms. The smallest absolute Gasteiger partial charge is 0.233 e. The lowest BCUT2D eigenvalue weighted by Crippen LogP contribution is -2.15. The molecule has 0 amide bonds. The van der Waals surface area contributed by atoms with Gasteiger partial charge in [0.05, 0.1) is 12.8 Å². The van der Waals surface area contributed by atoms with Crippen LogP contribution in [0, 0.1) is 17.7 Å². The lowest BCUT2D eigenvalue weighted by atomic mass is 9.78. The van der Waals surface area contributed by atoms with E-state index in [9.17, 15) is 4.39 Å². The van der Waals surface area contributed by atoms with Gasteiger partial charge in [0.2, 0.25) is 5.88 Å². The normalized spacial score (nSPS) is 19.8. The molecular formula is C23H31FN2O. The van der Waals surface area contributed by atoms with Crippen LogP contribution in [0.3, 0.4) is 0 Å². The average molecular weight is 371 g/mol. The van der Waals surface area contributed by atoms with E-state index in [-0.39, 0.29) is 5.82 Å². The number of unbranched alkanes of at least 4 members (excludes halogenated alkanes) is 1. The molecule has 1 saturated carbocycles. The van der Waals surface area contributed by atoms with Crippen molar-refractivity contribution in [2.45, 2.75) is 64.7 Å². The Hall–Kier alpha value is -1.97. The fourth-order valence-electron chi connectivity index (χ4n) is 4.17. The number of hydrogen-bond donors (Lipinski definition) is 0. The second kappa shape index (κ2) is 9.82. The van der Waals surface area contributed by atoms with Crippen molar-refractivity contribution in [2.24, 2.45) is 11.8 Å². The van der Waals surface area contributed by atoms with Crippen molar-refractivity contribution in [3.8, 4) is 17.1 Å². The van der Waals surface area contributed by atoms with Gasteiger partial charge in [-0.3, -0.25) is 0 Å². The quantitative estimate of drug-likeness (QED) is 0.553. The van der Waals surface area contributed by atoms with Crippen molar-refractivity contribution >= 4 is 0 Å². The zero-order valence-corrected chi connectivity index (χ0v) is 16.6. The van der Waals surface area contributed by atoms with E-state index in [0.717, 1.165) is 23.8 Å². The number of halogens is 1. The molecule has 1 heterocycles. The Bertz CT molecular complexity index is 709. The molecule has 0 radical (unpaired) electrons. The van der Waals surface area contributed by atoms with Crippen molar-refractivity contribution in [1.29, 1.82) is 0 Å². The van der Waals surface area contributed by atoms with Crippen LogP contribution in [0.15, 0.2) is 30.3 Å². The van der Waals surface area contributed by atoms with Crippen LogP contribution in [0.5, 0.6) is 5.88 Å². The largest absolute Gasteiger partial charge is 0.480 e. The molecule has 1 aromatic carbocycles. The number of ether oxygens (including phenoxy) is 1. The number of aromatic nitrogens is 2. The van der Waals surface area contributed by atoms with E-state index in [1.807, 2.05) is 12.1 Å². The first-order chi connectivity index (χ1) is 13.2. The first kappa shape index (κ1) is 19.8. The highest BCUT2D eigenvalue weighted by atomic mass is 19.1. The highest BCUT2D eigenvalue weighted by molar-refractivity contribution is 5.60. The van der Waals surface area contributed by atoms with Gasteiger partial charge in [-0.15, -0.1) is 10.2 Å². The molecule has 0 N–H and O–H groups in total. The first-order valence-corrected chi connectivity index (χ1v) is 10.4. The molecule has 0 atom stereocenters. The van der Waals surface area contributed by atoms with Crippen LogP contribution in [0.25, 0.3) is 11.3 Å². The lowest BCUT2D eigenvalue weighted by Gasteiger charge is -2.28. The van der Waals surface area contributed by atoms with E-state index in [2.05, 4.69) is 17.1 Å². The molecule has 1 aliphatic carbocycles. The van der Waals surface area contributed by atoms with Gasteiger partial charge in [-0.2, -0.15) is 0 Å². The number of aryl methyl sites for hydroxylation is 1. The van der Waals surface area contributed by atoms with Gasteiger partial charge in [0.1, 0.15) is 5.82 Å². The Morgan fingerprint density at radius 1 is 1.00 bits per heavy atom. The molecule has 2 aromatic rings. The minimum absolute atomic E-state index is 0.227. The lowest BCUT2D eigenvalue weighted by molar-refractivity contribution is 0.250. The van der Waals surface area contributed by atoms with Gasteiger partial charge in [0.15, 0.2) is 0 Å². The summed E-state index contributed by atoms with van der Waals surface area (Å²) in [5.74, 6) is 1.96. The standard InChI is InChI=1S/C23H31FN2O/c1-3-4-5-17-6-8-18(9-7-17)10-11-19-12-13-20(21(24)16-19)22-14-15-23(27-2)26-25-22/h12-18H,3-11H2,1-2H3. The van der Waals surface area contributed by atoms with Gasteiger partial charge < -0.3 is 4.74 Å². The van der Waals surface area contributed by atoms with Gasteiger partial charge >= 0.3 is 0 Å². The highest BCUT2D eigenvalue weighted by Crippen LogP contribution is 2.34. The van der Waals surface area contributed by atoms with Crippen LogP contribution in [0.2, 0.25) is 0 Å². The molecular weight excluding hydrogens is 339 g/mol. The molecule has 1 fully saturated rings. The third kappa shape index (κ3) is 5.50. The summed E-state index contributed by atoms with van der Waals surface area (Å²) in [4.78, 5) is 0. The van der Waals surface area contributed by atoms with Crippen LogP contribution in [-0.2, 0) is 6.42 Å². The summed E-state index contributed by atoms with van der Waals surface area (Å²) in [6, 6.07) is 8.95. The van der Waals surface area contributed by atoms with E-state index < -0.39 is 0 Å². The zero-order chi connectivity index (χ0) is 19.1. The van der Waals surface area contributed by atoms with Crippen LogP contribution < -0.4 is 4.74 Å². The van der Waals surface area contributed by atoms with E-state index in [0.29, 0.717) is 17.1 Å². The Morgan fingerprint density at radius 2 is 1.74 bits per heavy atom. The summed E-state index contributed by atoms with van der Waals surface area (Å²) in [7, 11) is 1.54. The minimum atomic E-state index is -0.227. The van der Waals surface area contributed by atoms with E-state index in [1.54, 1.807) is 18.2 Å². The summed E-state index contributed by atoms with van der Waals surface area (Å²) in [5, 5.41) is 7.96. The molecule has 1 aliphatic rings. The van der Waals surface area contributed by atoms with Gasteiger partial charge in [0, 0.05) is 11.6 Å². The number of methoxy groups -OCH3 is 1. The summed E-state index contributed by atoms with van der Waals surface area (Å²) >= 11 is 0. The summed E-state index contributed by atoms with van der Waals surface area (Å²) in [6.45, 7) is 2.28. The summed E-state index contributed by atoms with van der Waals surface area (Å²) in [5.41, 5.74) is 2.10. The maximum absolute atomic E-state index is 14.6. The fourth-order valence-corrected chi connectivity index (χ4v) is 4.17. The summed E-state index contributed by atoms with van der Waals surface area (Å²) < 4.78 is 19.6. The molecule has 1 aromatic heterocycles. The first-order valence-electron chi connectivity index (χ1n) is 10.4. The van der Waals surface area contributed by atoms with Crippen LogP contribution >= 0.6 is 0 Å². The number of rotatable bonds is 8.